The monoisotopic (exact) mass is 946 g/mol. The highest BCUT2D eigenvalue weighted by molar-refractivity contribution is 5.76. The third kappa shape index (κ3) is 53.8. The molecule has 0 spiro atoms. The number of unbranched alkanes of at least 4 members (excludes halogenated alkanes) is 46. The van der Waals surface area contributed by atoms with E-state index in [1.165, 1.54) is 257 Å². The van der Waals surface area contributed by atoms with Crippen LogP contribution in [0.3, 0.4) is 0 Å². The van der Waals surface area contributed by atoms with Crippen LogP contribution in [0, 0.1) is 0 Å². The summed E-state index contributed by atoms with van der Waals surface area (Å²) in [7, 11) is 0. The minimum absolute atomic E-state index is 0.00627. The molecule has 0 aliphatic carbocycles. The molecule has 398 valence electrons. The van der Waals surface area contributed by atoms with Gasteiger partial charge in [0.05, 0.1) is 25.4 Å². The van der Waals surface area contributed by atoms with Gasteiger partial charge in [0, 0.05) is 12.8 Å². The van der Waals surface area contributed by atoms with Crippen molar-refractivity contribution in [2.24, 2.45) is 0 Å². The Balaban J connectivity index is 3.47. The quantitative estimate of drug-likeness (QED) is 0.0321. The lowest BCUT2D eigenvalue weighted by molar-refractivity contribution is -0.143. The fourth-order valence-corrected chi connectivity index (χ4v) is 9.64. The number of carbonyl (C=O) groups excluding carboxylic acids is 2. The van der Waals surface area contributed by atoms with Gasteiger partial charge in [-0.1, -0.05) is 309 Å². The second-order valence-corrected chi connectivity index (χ2v) is 21.0. The molecule has 0 aromatic heterocycles. The molecule has 2 atom stereocenters. The molecule has 0 heterocycles. The Morgan fingerprint density at radius 3 is 1.01 bits per heavy atom. The molecule has 0 aliphatic heterocycles. The smallest absolute Gasteiger partial charge is 0.305 e. The summed E-state index contributed by atoms with van der Waals surface area (Å²) in [5, 5.41) is 23.2. The Labute approximate surface area is 419 Å². The highest BCUT2D eigenvalue weighted by Crippen LogP contribution is 2.18. The van der Waals surface area contributed by atoms with Crippen LogP contribution in [0.15, 0.2) is 12.2 Å². The van der Waals surface area contributed by atoms with Gasteiger partial charge in [0.2, 0.25) is 5.91 Å². The fourth-order valence-electron chi connectivity index (χ4n) is 9.64. The van der Waals surface area contributed by atoms with Gasteiger partial charge in [0.1, 0.15) is 0 Å². The highest BCUT2D eigenvalue weighted by Gasteiger charge is 2.18. The summed E-state index contributed by atoms with van der Waals surface area (Å²) in [5.41, 5.74) is 0. The molecule has 0 aromatic rings. The summed E-state index contributed by atoms with van der Waals surface area (Å²) in [6.45, 7) is 4.90. The number of rotatable bonds is 57. The number of hydrogen-bond donors (Lipinski definition) is 3. The second kappa shape index (κ2) is 57.2. The van der Waals surface area contributed by atoms with E-state index in [0.29, 0.717) is 19.4 Å². The minimum atomic E-state index is -0.855. The first-order valence-corrected chi connectivity index (χ1v) is 30.5. The van der Waals surface area contributed by atoms with Crippen molar-refractivity contribution in [3.63, 3.8) is 0 Å². The highest BCUT2D eigenvalue weighted by atomic mass is 16.5. The number of esters is 1. The molecule has 0 radical (unpaired) electrons. The lowest BCUT2D eigenvalue weighted by Gasteiger charge is -2.20. The first-order chi connectivity index (χ1) is 33.0. The zero-order chi connectivity index (χ0) is 48.6. The molecule has 1 amide bonds. The molecule has 6 nitrogen and oxygen atoms in total. The molecule has 0 fully saturated rings. The Morgan fingerprint density at radius 2 is 0.687 bits per heavy atom. The molecule has 0 saturated heterocycles. The second-order valence-electron chi connectivity index (χ2n) is 21.0. The zero-order valence-corrected chi connectivity index (χ0v) is 45.4. The van der Waals surface area contributed by atoms with Crippen molar-refractivity contribution >= 4 is 11.9 Å². The zero-order valence-electron chi connectivity index (χ0n) is 45.4. The maximum Gasteiger partial charge on any atom is 0.305 e. The molecular weight excluding hydrogens is 827 g/mol. The van der Waals surface area contributed by atoms with Crippen molar-refractivity contribution in [1.82, 2.24) is 5.32 Å². The van der Waals surface area contributed by atoms with Gasteiger partial charge >= 0.3 is 5.97 Å². The Morgan fingerprint density at radius 1 is 0.403 bits per heavy atom. The van der Waals surface area contributed by atoms with Crippen molar-refractivity contribution < 1.29 is 24.5 Å². The predicted octanol–water partition coefficient (Wildman–Crippen LogP) is 18.9. The third-order valence-corrected chi connectivity index (χ3v) is 14.3. The van der Waals surface area contributed by atoms with Gasteiger partial charge in [0.15, 0.2) is 0 Å². The lowest BCUT2D eigenvalue weighted by Crippen LogP contribution is -2.45. The number of carbonyl (C=O) groups is 2. The van der Waals surface area contributed by atoms with Crippen LogP contribution in [0.2, 0.25) is 0 Å². The first-order valence-electron chi connectivity index (χ1n) is 30.5. The maximum atomic E-state index is 12.5. The van der Waals surface area contributed by atoms with E-state index in [9.17, 15) is 19.8 Å². The number of ether oxygens (including phenoxy) is 1. The molecule has 0 aromatic carbocycles. The summed E-state index contributed by atoms with van der Waals surface area (Å²) in [6.07, 6.45) is 68.1. The van der Waals surface area contributed by atoms with Crippen LogP contribution in [0.1, 0.15) is 341 Å². The average molecular weight is 947 g/mol. The fraction of sp³-hybridized carbons (Fsp3) is 0.934. The summed E-state index contributed by atoms with van der Waals surface area (Å²) in [5.74, 6) is -0.0856. The van der Waals surface area contributed by atoms with Crippen molar-refractivity contribution in [3.8, 4) is 0 Å². The van der Waals surface area contributed by atoms with Crippen LogP contribution >= 0.6 is 0 Å². The van der Waals surface area contributed by atoms with Crippen LogP contribution in [-0.4, -0.2) is 47.4 Å². The van der Waals surface area contributed by atoms with Crippen LogP contribution in [0.4, 0.5) is 0 Å². The Hall–Kier alpha value is -1.40. The maximum absolute atomic E-state index is 12.5. The average Bonchev–Trinajstić information content (AvgIpc) is 3.33. The number of nitrogens with one attached hydrogen (secondary N) is 1. The van der Waals surface area contributed by atoms with E-state index in [1.54, 1.807) is 6.08 Å². The van der Waals surface area contributed by atoms with E-state index in [0.717, 1.165) is 57.8 Å². The first kappa shape index (κ1) is 65.6. The summed E-state index contributed by atoms with van der Waals surface area (Å²) >= 11 is 0. The van der Waals surface area contributed by atoms with E-state index in [2.05, 4.69) is 19.2 Å². The third-order valence-electron chi connectivity index (χ3n) is 14.3. The van der Waals surface area contributed by atoms with Gasteiger partial charge in [-0.2, -0.15) is 0 Å². The van der Waals surface area contributed by atoms with E-state index in [1.807, 2.05) is 6.08 Å². The van der Waals surface area contributed by atoms with Gasteiger partial charge in [-0.15, -0.1) is 0 Å². The predicted molar refractivity (Wildman–Crippen MR) is 292 cm³/mol. The number of allylic oxidation sites excluding steroid dienone is 1. The Kier molecular flexibility index (Phi) is 56.0. The van der Waals surface area contributed by atoms with Gasteiger partial charge < -0.3 is 20.3 Å². The molecule has 0 aliphatic rings. The molecule has 0 bridgehead atoms. The van der Waals surface area contributed by atoms with E-state index in [-0.39, 0.29) is 18.5 Å². The van der Waals surface area contributed by atoms with E-state index in [4.69, 9.17) is 4.74 Å². The number of aliphatic hydroxyl groups excluding tert-OH is 2. The van der Waals surface area contributed by atoms with Crippen LogP contribution in [0.5, 0.6) is 0 Å². The lowest BCUT2D eigenvalue weighted by atomic mass is 10.0. The summed E-state index contributed by atoms with van der Waals surface area (Å²) in [4.78, 5) is 24.6. The number of aliphatic hydroxyl groups is 2. The van der Waals surface area contributed by atoms with Gasteiger partial charge in [-0.3, -0.25) is 9.59 Å². The van der Waals surface area contributed by atoms with Gasteiger partial charge in [-0.05, 0) is 32.1 Å². The SMILES string of the molecule is CCCCCCCCCCCCCCCCCCCCCC/C=C/C(O)C(CO)NC(=O)CCCCCCCCCCCCCCOC(=O)CCCCCCCCCCCCCCCCCC. The van der Waals surface area contributed by atoms with Gasteiger partial charge in [0.25, 0.3) is 0 Å². The van der Waals surface area contributed by atoms with E-state index >= 15 is 0 Å². The molecule has 0 saturated carbocycles. The standard InChI is InChI=1S/C61H119NO5/c1-3-5-7-9-11-13-15-17-19-21-22-23-24-25-26-27-29-33-37-41-45-49-53-59(64)58(57-63)62-60(65)54-50-46-42-38-34-31-32-36-40-44-48-52-56-67-61(66)55-51-47-43-39-35-30-28-20-18-16-14-12-10-8-6-4-2/h49,53,58-59,63-64H,3-48,50-52,54-57H2,1-2H3,(H,62,65)/b53-49+. The van der Waals surface area contributed by atoms with Crippen LogP contribution in [0.25, 0.3) is 0 Å². The molecule has 67 heavy (non-hydrogen) atoms. The molecular formula is C61H119NO5. The number of amides is 1. The van der Waals surface area contributed by atoms with Gasteiger partial charge in [-0.25, -0.2) is 0 Å². The molecule has 0 rings (SSSR count). The molecule has 6 heteroatoms. The van der Waals surface area contributed by atoms with Crippen LogP contribution in [-0.2, 0) is 14.3 Å². The topological polar surface area (TPSA) is 95.9 Å². The van der Waals surface area contributed by atoms with Crippen molar-refractivity contribution in [3.05, 3.63) is 12.2 Å². The van der Waals surface area contributed by atoms with Crippen molar-refractivity contribution in [2.45, 2.75) is 353 Å². The number of hydrogen-bond acceptors (Lipinski definition) is 5. The summed E-state index contributed by atoms with van der Waals surface area (Å²) in [6, 6.07) is -0.639. The molecule has 3 N–H and O–H groups in total. The molecule has 2 unspecified atom stereocenters. The normalized spacial score (nSPS) is 12.6. The van der Waals surface area contributed by atoms with Crippen molar-refractivity contribution in [2.75, 3.05) is 13.2 Å². The van der Waals surface area contributed by atoms with Crippen molar-refractivity contribution in [1.29, 1.82) is 0 Å². The van der Waals surface area contributed by atoms with E-state index < -0.39 is 12.1 Å². The summed E-state index contributed by atoms with van der Waals surface area (Å²) < 4.78 is 5.48. The van der Waals surface area contributed by atoms with Crippen LogP contribution < -0.4 is 5.32 Å². The minimum Gasteiger partial charge on any atom is -0.466 e. The largest absolute Gasteiger partial charge is 0.466 e. The Bertz CT molecular complexity index is 1000.